The molecule has 1 saturated carbocycles. The Morgan fingerprint density at radius 3 is 2.81 bits per heavy atom. The largest absolute Gasteiger partial charge is 0.494 e. The molecule has 6 nitrogen and oxygen atoms in total. The van der Waals surface area contributed by atoms with Crippen LogP contribution in [-0.4, -0.2) is 20.9 Å². The lowest BCUT2D eigenvalue weighted by molar-refractivity contribution is 0.362. The number of fused-ring (bicyclic) bond motifs is 1. The van der Waals surface area contributed by atoms with E-state index >= 15 is 0 Å². The van der Waals surface area contributed by atoms with E-state index in [9.17, 15) is 14.7 Å². The monoisotopic (exact) mass is 351 g/mol. The third kappa shape index (κ3) is 2.62. The second-order valence-electron chi connectivity index (χ2n) is 6.83. The Morgan fingerprint density at radius 1 is 1.31 bits per heavy atom. The Balaban J connectivity index is 1.85. The lowest BCUT2D eigenvalue weighted by atomic mass is 10.0. The highest BCUT2D eigenvalue weighted by atomic mass is 16.3. The number of hydrogen-bond donors (Lipinski definition) is 2. The molecule has 0 bridgehead atoms. The summed E-state index contributed by atoms with van der Waals surface area (Å²) >= 11 is 0. The van der Waals surface area contributed by atoms with Crippen LogP contribution in [0.1, 0.15) is 55.3 Å². The molecule has 6 heteroatoms. The lowest BCUT2D eigenvalue weighted by Crippen LogP contribution is -2.33. The molecule has 2 aromatic rings. The Kier molecular flexibility index (Phi) is 4.11. The second kappa shape index (κ2) is 6.44. The van der Waals surface area contributed by atoms with Crippen LogP contribution >= 0.6 is 0 Å². The van der Waals surface area contributed by atoms with E-state index in [-0.39, 0.29) is 17.5 Å². The number of allylic oxidation sites excluding steroid dienone is 1. The molecule has 2 N–H and O–H groups in total. The van der Waals surface area contributed by atoms with Crippen LogP contribution in [0.15, 0.2) is 32.8 Å². The minimum absolute atomic E-state index is 0.0623. The van der Waals surface area contributed by atoms with Crippen molar-refractivity contribution < 1.29 is 5.11 Å². The van der Waals surface area contributed by atoms with Gasteiger partial charge in [-0.1, -0.05) is 38.0 Å². The van der Waals surface area contributed by atoms with Gasteiger partial charge in [0.2, 0.25) is 5.88 Å². The predicted molar refractivity (Wildman–Crippen MR) is 102 cm³/mol. The maximum atomic E-state index is 12.3. The van der Waals surface area contributed by atoms with E-state index in [1.54, 1.807) is 12.3 Å². The Morgan fingerprint density at radius 2 is 2.08 bits per heavy atom. The minimum atomic E-state index is -0.581. The average molecular weight is 351 g/mol. The normalized spacial score (nSPS) is 18.0. The first kappa shape index (κ1) is 16.6. The summed E-state index contributed by atoms with van der Waals surface area (Å²) in [6, 6.07) is 5.88. The van der Waals surface area contributed by atoms with Gasteiger partial charge >= 0.3 is 5.69 Å². The van der Waals surface area contributed by atoms with Crippen molar-refractivity contribution in [1.82, 2.24) is 9.55 Å². The molecule has 1 aliphatic heterocycles. The molecule has 0 spiro atoms. The number of aromatic nitrogens is 2. The Labute approximate surface area is 150 Å². The van der Waals surface area contributed by atoms with Crippen LogP contribution in [0.25, 0.3) is 11.6 Å². The molecule has 1 aliphatic carbocycles. The van der Waals surface area contributed by atoms with Crippen LogP contribution in [0.4, 0.5) is 5.69 Å². The van der Waals surface area contributed by atoms with Gasteiger partial charge in [-0.3, -0.25) is 19.3 Å². The molecule has 134 valence electrons. The van der Waals surface area contributed by atoms with E-state index in [1.807, 2.05) is 18.2 Å². The number of aromatic amines is 1. The van der Waals surface area contributed by atoms with Crippen LogP contribution in [0.2, 0.25) is 0 Å². The first-order valence-corrected chi connectivity index (χ1v) is 9.06. The number of para-hydroxylation sites is 1. The third-order valence-electron chi connectivity index (χ3n) is 5.29. The van der Waals surface area contributed by atoms with Crippen LogP contribution in [0.3, 0.4) is 0 Å². The zero-order valence-corrected chi connectivity index (χ0v) is 14.7. The standard InChI is InChI=1S/C20H21N3O3/c1-2-12-6-5-9-15-13(11-21-17(12)15)10-16-18(24)22-20(26)23(19(16)25)14-7-3-4-8-14/h5-6,9-11,14,25H,2-4,7-8H2,1H3,(H,22,24,26). The number of aromatic hydroxyl groups is 1. The number of hydrogen-bond acceptors (Lipinski definition) is 4. The van der Waals surface area contributed by atoms with Gasteiger partial charge in [-0.2, -0.15) is 0 Å². The number of aliphatic imine (C=N–C) groups is 1. The zero-order chi connectivity index (χ0) is 18.3. The number of benzene rings is 1. The molecule has 0 radical (unpaired) electrons. The maximum absolute atomic E-state index is 12.3. The number of rotatable bonds is 3. The van der Waals surface area contributed by atoms with E-state index in [0.29, 0.717) is 0 Å². The van der Waals surface area contributed by atoms with Gasteiger partial charge in [0.25, 0.3) is 5.56 Å². The molecule has 0 saturated heterocycles. The average Bonchev–Trinajstić information content (AvgIpc) is 3.28. The van der Waals surface area contributed by atoms with Crippen molar-refractivity contribution in [2.24, 2.45) is 4.99 Å². The van der Waals surface area contributed by atoms with Crippen molar-refractivity contribution in [2.75, 3.05) is 0 Å². The summed E-state index contributed by atoms with van der Waals surface area (Å²) in [5.74, 6) is -0.258. The molecule has 1 aromatic heterocycles. The van der Waals surface area contributed by atoms with Gasteiger partial charge in [0.15, 0.2) is 0 Å². The molecule has 2 heterocycles. The van der Waals surface area contributed by atoms with E-state index in [2.05, 4.69) is 16.9 Å². The molecular weight excluding hydrogens is 330 g/mol. The van der Waals surface area contributed by atoms with Gasteiger partial charge < -0.3 is 5.11 Å². The predicted octanol–water partition coefficient (Wildman–Crippen LogP) is 3.18. The highest BCUT2D eigenvalue weighted by Gasteiger charge is 2.24. The number of aryl methyl sites for hydroxylation is 1. The van der Waals surface area contributed by atoms with Gasteiger partial charge in [0.1, 0.15) is 5.56 Å². The smallest absolute Gasteiger partial charge is 0.331 e. The van der Waals surface area contributed by atoms with E-state index in [4.69, 9.17) is 0 Å². The van der Waals surface area contributed by atoms with E-state index in [0.717, 1.165) is 54.5 Å². The summed E-state index contributed by atoms with van der Waals surface area (Å²) in [6.45, 7) is 2.07. The zero-order valence-electron chi connectivity index (χ0n) is 14.7. The van der Waals surface area contributed by atoms with Crippen molar-refractivity contribution >= 4 is 23.6 Å². The number of nitrogens with zero attached hydrogens (tertiary/aromatic N) is 2. The fourth-order valence-electron chi connectivity index (χ4n) is 3.92. The van der Waals surface area contributed by atoms with Gasteiger partial charge in [0, 0.05) is 23.4 Å². The Hall–Kier alpha value is -2.89. The van der Waals surface area contributed by atoms with Crippen molar-refractivity contribution in [3.05, 3.63) is 55.7 Å². The summed E-state index contributed by atoms with van der Waals surface area (Å²) in [4.78, 5) is 31.4. The molecule has 1 fully saturated rings. The topological polar surface area (TPSA) is 87.4 Å². The van der Waals surface area contributed by atoms with Crippen molar-refractivity contribution in [3.8, 4) is 5.88 Å². The molecule has 1 aromatic carbocycles. The highest BCUT2D eigenvalue weighted by Crippen LogP contribution is 2.37. The molecular formula is C20H21N3O3. The highest BCUT2D eigenvalue weighted by molar-refractivity contribution is 6.21. The summed E-state index contributed by atoms with van der Waals surface area (Å²) in [6.07, 6.45) is 7.89. The van der Waals surface area contributed by atoms with Crippen molar-refractivity contribution in [3.63, 3.8) is 0 Å². The maximum Gasteiger partial charge on any atom is 0.331 e. The number of H-pyrrole nitrogens is 1. The first-order chi connectivity index (χ1) is 12.6. The van der Waals surface area contributed by atoms with Crippen molar-refractivity contribution in [2.45, 2.75) is 45.1 Å². The van der Waals surface area contributed by atoms with Crippen LogP contribution in [-0.2, 0) is 6.42 Å². The van der Waals surface area contributed by atoms with Crippen molar-refractivity contribution in [1.29, 1.82) is 0 Å². The summed E-state index contributed by atoms with van der Waals surface area (Å²) < 4.78 is 1.33. The summed E-state index contributed by atoms with van der Waals surface area (Å²) in [5.41, 5.74) is 2.71. The lowest BCUT2D eigenvalue weighted by Gasteiger charge is -2.16. The first-order valence-electron chi connectivity index (χ1n) is 9.06. The summed E-state index contributed by atoms with van der Waals surface area (Å²) in [7, 11) is 0. The molecule has 0 amide bonds. The van der Waals surface area contributed by atoms with Crippen LogP contribution < -0.4 is 11.2 Å². The molecule has 26 heavy (non-hydrogen) atoms. The molecule has 0 atom stereocenters. The fourth-order valence-corrected chi connectivity index (χ4v) is 3.92. The van der Waals surface area contributed by atoms with E-state index < -0.39 is 11.2 Å². The summed E-state index contributed by atoms with van der Waals surface area (Å²) in [5, 5.41) is 10.7. The SMILES string of the molecule is CCc1cccc2c1N=CC2=Cc1c(O)n(C2CCCC2)c(=O)[nH]c1=O. The van der Waals surface area contributed by atoms with Gasteiger partial charge in [0.05, 0.1) is 5.69 Å². The Bertz CT molecular complexity index is 1040. The van der Waals surface area contributed by atoms with E-state index in [1.165, 1.54) is 4.57 Å². The fraction of sp³-hybridized carbons (Fsp3) is 0.350. The van der Waals surface area contributed by atoms with Crippen LogP contribution in [0, 0.1) is 0 Å². The van der Waals surface area contributed by atoms with Gasteiger partial charge in [-0.05, 0) is 30.9 Å². The van der Waals surface area contributed by atoms with Gasteiger partial charge in [-0.15, -0.1) is 0 Å². The second-order valence-corrected chi connectivity index (χ2v) is 6.83. The minimum Gasteiger partial charge on any atom is -0.494 e. The van der Waals surface area contributed by atoms with Gasteiger partial charge in [-0.25, -0.2) is 4.79 Å². The van der Waals surface area contributed by atoms with Crippen LogP contribution in [0.5, 0.6) is 5.88 Å². The molecule has 4 rings (SSSR count). The molecule has 2 aliphatic rings. The third-order valence-corrected chi connectivity index (χ3v) is 5.29. The number of nitrogens with one attached hydrogen (secondary N) is 1. The quantitative estimate of drug-likeness (QED) is 0.890. The molecule has 0 unspecified atom stereocenters.